The van der Waals surface area contributed by atoms with Crippen molar-refractivity contribution < 1.29 is 8.42 Å². The van der Waals surface area contributed by atoms with Gasteiger partial charge in [0.1, 0.15) is 5.01 Å². The van der Waals surface area contributed by atoms with E-state index < -0.39 is 10.2 Å². The van der Waals surface area contributed by atoms with E-state index in [1.54, 1.807) is 13.1 Å². The van der Waals surface area contributed by atoms with Crippen molar-refractivity contribution in [2.24, 2.45) is 0 Å². The number of nitrogens with one attached hydrogen (secondary N) is 2. The lowest BCUT2D eigenvalue weighted by atomic mass is 10.3. The Labute approximate surface area is 122 Å². The maximum atomic E-state index is 11.4. The lowest BCUT2D eigenvalue weighted by molar-refractivity contribution is 0.568. The van der Waals surface area contributed by atoms with Crippen LogP contribution in [0.25, 0.3) is 10.7 Å². The van der Waals surface area contributed by atoms with Gasteiger partial charge in [0, 0.05) is 31.1 Å². The monoisotopic (exact) mass is 312 g/mol. The Morgan fingerprint density at radius 1 is 1.30 bits per heavy atom. The number of hydrogen-bond donors (Lipinski definition) is 2. The lowest BCUT2D eigenvalue weighted by Crippen LogP contribution is -2.37. The van der Waals surface area contributed by atoms with E-state index in [2.05, 4.69) is 19.4 Å². The lowest BCUT2D eigenvalue weighted by Gasteiger charge is -2.04. The second kappa shape index (κ2) is 6.89. The van der Waals surface area contributed by atoms with E-state index in [0.29, 0.717) is 19.5 Å². The van der Waals surface area contributed by atoms with Crippen molar-refractivity contribution >= 4 is 21.5 Å². The first-order valence-electron chi connectivity index (χ1n) is 6.21. The van der Waals surface area contributed by atoms with Gasteiger partial charge in [-0.1, -0.05) is 13.0 Å². The average molecular weight is 312 g/mol. The van der Waals surface area contributed by atoms with E-state index in [1.807, 2.05) is 23.6 Å². The van der Waals surface area contributed by atoms with Crippen molar-refractivity contribution in [2.75, 3.05) is 13.1 Å². The normalized spacial score (nSPS) is 11.7. The molecule has 0 spiro atoms. The number of hydrogen-bond acceptors (Lipinski definition) is 5. The Balaban J connectivity index is 1.91. The molecule has 0 aromatic carbocycles. The van der Waals surface area contributed by atoms with Crippen LogP contribution in [0.2, 0.25) is 0 Å². The van der Waals surface area contributed by atoms with Gasteiger partial charge >= 0.3 is 0 Å². The summed E-state index contributed by atoms with van der Waals surface area (Å²) < 4.78 is 27.6. The molecule has 0 aliphatic rings. The summed E-state index contributed by atoms with van der Waals surface area (Å²) in [5, 5.41) is 2.76. The van der Waals surface area contributed by atoms with Gasteiger partial charge in [0.25, 0.3) is 10.2 Å². The smallest absolute Gasteiger partial charge is 0.254 e. The second-order valence-corrected chi connectivity index (χ2v) is 6.45. The van der Waals surface area contributed by atoms with Crippen LogP contribution in [0.5, 0.6) is 0 Å². The standard InChI is InChI=1S/C12H16N4O2S2/c1-2-14-20(17,18)15-8-6-10-9-19-12(16-10)11-5-3-4-7-13-11/h3-5,7,9,14-15H,2,6,8H2,1H3. The Morgan fingerprint density at radius 2 is 2.15 bits per heavy atom. The van der Waals surface area contributed by atoms with Crippen LogP contribution >= 0.6 is 11.3 Å². The first-order valence-corrected chi connectivity index (χ1v) is 8.57. The summed E-state index contributed by atoms with van der Waals surface area (Å²) in [6, 6.07) is 5.66. The fourth-order valence-electron chi connectivity index (χ4n) is 1.58. The van der Waals surface area contributed by atoms with Gasteiger partial charge in [-0.25, -0.2) is 14.4 Å². The predicted octanol–water partition coefficient (Wildman–Crippen LogP) is 1.19. The molecule has 0 unspecified atom stereocenters. The minimum Gasteiger partial charge on any atom is -0.254 e. The van der Waals surface area contributed by atoms with Crippen LogP contribution < -0.4 is 9.44 Å². The first-order chi connectivity index (χ1) is 9.61. The van der Waals surface area contributed by atoms with Gasteiger partial charge in [0.2, 0.25) is 0 Å². The molecule has 0 saturated heterocycles. The molecule has 0 radical (unpaired) electrons. The van der Waals surface area contributed by atoms with Crippen molar-refractivity contribution in [1.29, 1.82) is 0 Å². The molecule has 0 aliphatic carbocycles. The maximum Gasteiger partial charge on any atom is 0.276 e. The molecule has 0 aliphatic heterocycles. The molecular formula is C12H16N4O2S2. The summed E-state index contributed by atoms with van der Waals surface area (Å²) in [6.07, 6.45) is 2.27. The summed E-state index contributed by atoms with van der Waals surface area (Å²) in [6.45, 7) is 2.43. The van der Waals surface area contributed by atoms with Gasteiger partial charge in [-0.3, -0.25) is 4.98 Å². The van der Waals surface area contributed by atoms with Crippen molar-refractivity contribution in [1.82, 2.24) is 19.4 Å². The molecule has 0 fully saturated rings. The van der Waals surface area contributed by atoms with Gasteiger partial charge in [-0.05, 0) is 12.1 Å². The Bertz CT molecular complexity index is 640. The van der Waals surface area contributed by atoms with Crippen molar-refractivity contribution in [2.45, 2.75) is 13.3 Å². The highest BCUT2D eigenvalue weighted by atomic mass is 32.2. The second-order valence-electron chi connectivity index (χ2n) is 4.00. The van der Waals surface area contributed by atoms with Crippen molar-refractivity contribution in [3.63, 3.8) is 0 Å². The largest absolute Gasteiger partial charge is 0.276 e. The van der Waals surface area contributed by atoms with Crippen LogP contribution in [-0.2, 0) is 16.6 Å². The fraction of sp³-hybridized carbons (Fsp3) is 0.333. The van der Waals surface area contributed by atoms with Crippen LogP contribution in [0.4, 0.5) is 0 Å². The Morgan fingerprint density at radius 3 is 2.85 bits per heavy atom. The third-order valence-electron chi connectivity index (χ3n) is 2.44. The quantitative estimate of drug-likeness (QED) is 0.804. The molecule has 0 atom stereocenters. The number of nitrogens with zero attached hydrogens (tertiary/aromatic N) is 2. The summed E-state index contributed by atoms with van der Waals surface area (Å²) in [4.78, 5) is 8.68. The molecule has 0 saturated carbocycles. The maximum absolute atomic E-state index is 11.4. The number of pyridine rings is 1. The van der Waals surface area contributed by atoms with Gasteiger partial charge in [0.15, 0.2) is 0 Å². The fourth-order valence-corrected chi connectivity index (χ4v) is 3.27. The van der Waals surface area contributed by atoms with Gasteiger partial charge in [-0.2, -0.15) is 8.42 Å². The molecule has 0 amide bonds. The van der Waals surface area contributed by atoms with Crippen LogP contribution in [-0.4, -0.2) is 31.5 Å². The van der Waals surface area contributed by atoms with Crippen LogP contribution in [0.1, 0.15) is 12.6 Å². The summed E-state index contributed by atoms with van der Waals surface area (Å²) >= 11 is 1.50. The zero-order valence-corrected chi connectivity index (χ0v) is 12.7. The van der Waals surface area contributed by atoms with Crippen LogP contribution in [0, 0.1) is 0 Å². The average Bonchev–Trinajstić information content (AvgIpc) is 2.88. The Kier molecular flexibility index (Phi) is 5.18. The van der Waals surface area contributed by atoms with Crippen molar-refractivity contribution in [3.05, 3.63) is 35.5 Å². The minimum absolute atomic E-state index is 0.320. The topological polar surface area (TPSA) is 84.0 Å². The van der Waals surface area contributed by atoms with Gasteiger partial charge in [-0.15, -0.1) is 11.3 Å². The minimum atomic E-state index is -3.38. The summed E-state index contributed by atoms with van der Waals surface area (Å²) in [7, 11) is -3.38. The number of aromatic nitrogens is 2. The van der Waals surface area contributed by atoms with Gasteiger partial charge in [0.05, 0.1) is 11.4 Å². The molecule has 2 aromatic rings. The zero-order chi connectivity index (χ0) is 14.4. The molecule has 0 bridgehead atoms. The molecule has 8 heteroatoms. The third kappa shape index (κ3) is 4.34. The number of thiazole rings is 1. The Hall–Kier alpha value is -1.35. The molecule has 2 aromatic heterocycles. The molecule has 6 nitrogen and oxygen atoms in total. The number of rotatable bonds is 7. The molecular weight excluding hydrogens is 296 g/mol. The molecule has 2 rings (SSSR count). The van der Waals surface area contributed by atoms with E-state index in [9.17, 15) is 8.42 Å². The van der Waals surface area contributed by atoms with Crippen molar-refractivity contribution in [3.8, 4) is 10.7 Å². The highest BCUT2D eigenvalue weighted by Crippen LogP contribution is 2.21. The van der Waals surface area contributed by atoms with E-state index in [-0.39, 0.29) is 0 Å². The SMILES string of the molecule is CCNS(=O)(=O)NCCc1csc(-c2ccccn2)n1. The van der Waals surface area contributed by atoms with E-state index in [4.69, 9.17) is 0 Å². The first kappa shape index (κ1) is 15.0. The molecule has 20 heavy (non-hydrogen) atoms. The van der Waals surface area contributed by atoms with E-state index >= 15 is 0 Å². The van der Waals surface area contributed by atoms with E-state index in [0.717, 1.165) is 16.4 Å². The molecule has 108 valence electrons. The molecule has 2 N–H and O–H groups in total. The summed E-state index contributed by atoms with van der Waals surface area (Å²) in [5.41, 5.74) is 1.69. The third-order valence-corrected chi connectivity index (χ3v) is 4.61. The van der Waals surface area contributed by atoms with Crippen LogP contribution in [0.3, 0.4) is 0 Å². The highest BCUT2D eigenvalue weighted by molar-refractivity contribution is 7.87. The van der Waals surface area contributed by atoms with E-state index in [1.165, 1.54) is 11.3 Å². The molecule has 2 heterocycles. The van der Waals surface area contributed by atoms with Gasteiger partial charge < -0.3 is 0 Å². The van der Waals surface area contributed by atoms with Crippen LogP contribution in [0.15, 0.2) is 29.8 Å². The summed E-state index contributed by atoms with van der Waals surface area (Å²) in [5.74, 6) is 0. The highest BCUT2D eigenvalue weighted by Gasteiger charge is 2.08. The predicted molar refractivity (Wildman–Crippen MR) is 79.6 cm³/mol. The zero-order valence-electron chi connectivity index (χ0n) is 11.0.